The van der Waals surface area contributed by atoms with E-state index in [1.54, 1.807) is 0 Å². The number of hydrogen-bond donors (Lipinski definition) is 0. The molecule has 0 saturated heterocycles. The van der Waals surface area contributed by atoms with Crippen LogP contribution in [0.3, 0.4) is 0 Å². The van der Waals surface area contributed by atoms with E-state index in [1.807, 2.05) is 6.92 Å². The molecule has 0 heterocycles. The van der Waals surface area contributed by atoms with Crippen LogP contribution < -0.4 is 0 Å². The summed E-state index contributed by atoms with van der Waals surface area (Å²) in [6, 6.07) is 0. The molecule has 0 aliphatic carbocycles. The molecule has 0 fully saturated rings. The van der Waals surface area contributed by atoms with Crippen molar-refractivity contribution in [1.82, 2.24) is 4.90 Å². The molecule has 0 amide bonds. The van der Waals surface area contributed by atoms with Crippen molar-refractivity contribution in [3.05, 3.63) is 0 Å². The molecule has 0 saturated carbocycles. The van der Waals surface area contributed by atoms with E-state index in [0.717, 1.165) is 38.6 Å². The maximum atomic E-state index is 5.57. The van der Waals surface area contributed by atoms with Crippen LogP contribution >= 0.6 is 11.6 Å². The lowest BCUT2D eigenvalue weighted by Gasteiger charge is -2.15. The number of ether oxygens (including phenoxy) is 1. The van der Waals surface area contributed by atoms with E-state index in [1.165, 1.54) is 6.42 Å². The van der Waals surface area contributed by atoms with Crippen molar-refractivity contribution in [3.8, 4) is 0 Å². The van der Waals surface area contributed by atoms with Crippen LogP contribution in [0.2, 0.25) is 0 Å². The highest BCUT2D eigenvalue weighted by atomic mass is 35.5. The van der Waals surface area contributed by atoms with Crippen molar-refractivity contribution in [2.24, 2.45) is 0 Å². The fourth-order valence-electron chi connectivity index (χ4n) is 0.953. The Labute approximate surface area is 80.8 Å². The van der Waals surface area contributed by atoms with Gasteiger partial charge >= 0.3 is 0 Å². The Balaban J connectivity index is 3.04. The van der Waals surface area contributed by atoms with Gasteiger partial charge in [-0.1, -0.05) is 0 Å². The van der Waals surface area contributed by atoms with Gasteiger partial charge in [-0.25, -0.2) is 0 Å². The molecule has 74 valence electrons. The predicted octanol–water partition coefficient (Wildman–Crippen LogP) is 1.97. The van der Waals surface area contributed by atoms with Crippen LogP contribution in [-0.2, 0) is 4.74 Å². The van der Waals surface area contributed by atoms with E-state index in [9.17, 15) is 0 Å². The van der Waals surface area contributed by atoms with Crippen molar-refractivity contribution in [2.75, 3.05) is 39.2 Å². The highest BCUT2D eigenvalue weighted by Gasteiger charge is 1.96. The van der Waals surface area contributed by atoms with Gasteiger partial charge in [-0.2, -0.15) is 0 Å². The van der Waals surface area contributed by atoms with Gasteiger partial charge in [-0.15, -0.1) is 11.6 Å². The Bertz CT molecular complexity index is 80.6. The molecule has 3 heteroatoms. The number of unbranched alkanes of at least 4 members (excludes halogenated alkanes) is 1. The van der Waals surface area contributed by atoms with Crippen LogP contribution in [-0.4, -0.2) is 44.1 Å². The summed E-state index contributed by atoms with van der Waals surface area (Å²) in [6.45, 7) is 5.83. The van der Waals surface area contributed by atoms with Crippen molar-refractivity contribution in [3.63, 3.8) is 0 Å². The van der Waals surface area contributed by atoms with Crippen LogP contribution in [0.1, 0.15) is 19.8 Å². The van der Waals surface area contributed by atoms with E-state index >= 15 is 0 Å². The Hall–Kier alpha value is 0.210. The second-order valence-corrected chi connectivity index (χ2v) is 3.27. The maximum Gasteiger partial charge on any atom is 0.0593 e. The third-order valence-electron chi connectivity index (χ3n) is 1.74. The normalized spacial score (nSPS) is 11.0. The molecule has 0 aliphatic rings. The molecular weight excluding hydrogens is 174 g/mol. The molecule has 0 radical (unpaired) electrons. The van der Waals surface area contributed by atoms with E-state index in [2.05, 4.69) is 11.9 Å². The molecular formula is C9H20ClNO. The van der Waals surface area contributed by atoms with Gasteiger partial charge in [0.25, 0.3) is 0 Å². The van der Waals surface area contributed by atoms with Gasteiger partial charge in [0.05, 0.1) is 6.61 Å². The molecule has 0 unspecified atom stereocenters. The first-order valence-corrected chi connectivity index (χ1v) is 5.17. The summed E-state index contributed by atoms with van der Waals surface area (Å²) in [6.07, 6.45) is 2.30. The van der Waals surface area contributed by atoms with Gasteiger partial charge in [0.15, 0.2) is 0 Å². The molecule has 0 spiro atoms. The lowest BCUT2D eigenvalue weighted by molar-refractivity contribution is 0.122. The predicted molar refractivity (Wildman–Crippen MR) is 53.9 cm³/mol. The molecule has 0 aromatic heterocycles. The molecule has 0 aliphatic heterocycles. The summed E-state index contributed by atoms with van der Waals surface area (Å²) >= 11 is 5.57. The zero-order chi connectivity index (χ0) is 9.23. The number of likely N-dealkylation sites (N-methyl/N-ethyl adjacent to an activating group) is 1. The van der Waals surface area contributed by atoms with Gasteiger partial charge in [-0.05, 0) is 33.4 Å². The molecule has 0 atom stereocenters. The quantitative estimate of drug-likeness (QED) is 0.432. The first-order chi connectivity index (χ1) is 5.81. The van der Waals surface area contributed by atoms with Crippen LogP contribution in [0.5, 0.6) is 0 Å². The van der Waals surface area contributed by atoms with Crippen LogP contribution in [0.15, 0.2) is 0 Å². The monoisotopic (exact) mass is 193 g/mol. The van der Waals surface area contributed by atoms with E-state index in [4.69, 9.17) is 16.3 Å². The average molecular weight is 194 g/mol. The number of halogens is 1. The van der Waals surface area contributed by atoms with Gasteiger partial charge in [-0.3, -0.25) is 0 Å². The maximum absolute atomic E-state index is 5.57. The second-order valence-electron chi connectivity index (χ2n) is 2.90. The fourth-order valence-corrected chi connectivity index (χ4v) is 1.14. The van der Waals surface area contributed by atoms with Crippen molar-refractivity contribution in [1.29, 1.82) is 0 Å². The SMILES string of the molecule is CCOCCN(C)CCCCCl. The molecule has 0 aromatic carbocycles. The Morgan fingerprint density at radius 1 is 1.25 bits per heavy atom. The first-order valence-electron chi connectivity index (χ1n) is 4.63. The first kappa shape index (κ1) is 12.2. The topological polar surface area (TPSA) is 12.5 Å². The number of alkyl halides is 1. The van der Waals surface area contributed by atoms with E-state index < -0.39 is 0 Å². The van der Waals surface area contributed by atoms with Gasteiger partial charge in [0.1, 0.15) is 0 Å². The van der Waals surface area contributed by atoms with Crippen LogP contribution in [0, 0.1) is 0 Å². The standard InChI is InChI=1S/C9H20ClNO/c1-3-12-9-8-11(2)7-5-4-6-10/h3-9H2,1-2H3. The molecule has 2 nitrogen and oxygen atoms in total. The molecule has 12 heavy (non-hydrogen) atoms. The molecule has 0 N–H and O–H groups in total. The molecule has 0 aromatic rings. The Morgan fingerprint density at radius 2 is 2.00 bits per heavy atom. The minimum atomic E-state index is 0.777. The number of nitrogens with zero attached hydrogens (tertiary/aromatic N) is 1. The Morgan fingerprint density at radius 3 is 2.58 bits per heavy atom. The van der Waals surface area contributed by atoms with Gasteiger partial charge in [0, 0.05) is 19.0 Å². The van der Waals surface area contributed by atoms with E-state index in [-0.39, 0.29) is 0 Å². The molecule has 0 rings (SSSR count). The number of rotatable bonds is 8. The summed E-state index contributed by atoms with van der Waals surface area (Å²) in [7, 11) is 2.12. The zero-order valence-corrected chi connectivity index (χ0v) is 8.94. The highest BCUT2D eigenvalue weighted by molar-refractivity contribution is 6.17. The highest BCUT2D eigenvalue weighted by Crippen LogP contribution is 1.94. The van der Waals surface area contributed by atoms with Crippen LogP contribution in [0.25, 0.3) is 0 Å². The fraction of sp³-hybridized carbons (Fsp3) is 1.00. The number of hydrogen-bond acceptors (Lipinski definition) is 2. The smallest absolute Gasteiger partial charge is 0.0593 e. The minimum absolute atomic E-state index is 0.777. The van der Waals surface area contributed by atoms with Crippen molar-refractivity contribution in [2.45, 2.75) is 19.8 Å². The minimum Gasteiger partial charge on any atom is -0.380 e. The third-order valence-corrected chi connectivity index (χ3v) is 2.01. The summed E-state index contributed by atoms with van der Waals surface area (Å²) < 4.78 is 5.24. The van der Waals surface area contributed by atoms with E-state index in [0.29, 0.717) is 0 Å². The van der Waals surface area contributed by atoms with Crippen molar-refractivity contribution >= 4 is 11.6 Å². The lowest BCUT2D eigenvalue weighted by Crippen LogP contribution is -2.24. The summed E-state index contributed by atoms with van der Waals surface area (Å²) in [4.78, 5) is 2.28. The summed E-state index contributed by atoms with van der Waals surface area (Å²) in [5, 5.41) is 0. The summed E-state index contributed by atoms with van der Waals surface area (Å²) in [5.41, 5.74) is 0. The summed E-state index contributed by atoms with van der Waals surface area (Å²) in [5.74, 6) is 0.777. The van der Waals surface area contributed by atoms with Gasteiger partial charge < -0.3 is 9.64 Å². The van der Waals surface area contributed by atoms with Gasteiger partial charge in [0.2, 0.25) is 0 Å². The zero-order valence-electron chi connectivity index (χ0n) is 8.18. The molecule has 0 bridgehead atoms. The largest absolute Gasteiger partial charge is 0.380 e. The van der Waals surface area contributed by atoms with Crippen molar-refractivity contribution < 1.29 is 4.74 Å². The second kappa shape index (κ2) is 9.30. The Kier molecular flexibility index (Phi) is 9.46. The van der Waals surface area contributed by atoms with Crippen LogP contribution in [0.4, 0.5) is 0 Å². The lowest BCUT2D eigenvalue weighted by atomic mass is 10.3. The third kappa shape index (κ3) is 8.31. The average Bonchev–Trinajstić information content (AvgIpc) is 2.06.